The molecule has 5 heteroatoms. The van der Waals surface area contributed by atoms with Crippen molar-refractivity contribution in [2.45, 2.75) is 25.7 Å². The summed E-state index contributed by atoms with van der Waals surface area (Å²) in [6, 6.07) is 6.96. The number of anilines is 1. The molecule has 1 aromatic heterocycles. The molecule has 21 heavy (non-hydrogen) atoms. The van der Waals surface area contributed by atoms with Gasteiger partial charge in [0.1, 0.15) is 11.6 Å². The normalized spacial score (nSPS) is 17.0. The highest BCUT2D eigenvalue weighted by molar-refractivity contribution is 5.92. The molecule has 1 aliphatic rings. The molecule has 0 radical (unpaired) electrons. The van der Waals surface area contributed by atoms with E-state index in [1.54, 1.807) is 18.3 Å². The van der Waals surface area contributed by atoms with Crippen molar-refractivity contribution in [2.75, 3.05) is 11.9 Å². The topological polar surface area (TPSA) is 82.5 Å². The fraction of sp³-hybridized carbons (Fsp3) is 0.375. The largest absolute Gasteiger partial charge is 0.508 e. The highest BCUT2D eigenvalue weighted by Gasteiger charge is 2.41. The molecule has 0 atom stereocenters. The highest BCUT2D eigenvalue weighted by atomic mass is 16.4. The lowest BCUT2D eigenvalue weighted by molar-refractivity contribution is -0.147. The number of phenols is 1. The Kier molecular flexibility index (Phi) is 3.41. The number of rotatable bonds is 4. The summed E-state index contributed by atoms with van der Waals surface area (Å²) in [6.45, 7) is 0.365. The summed E-state index contributed by atoms with van der Waals surface area (Å²) in [5.74, 6) is 0.0545. The average molecular weight is 286 g/mol. The van der Waals surface area contributed by atoms with Gasteiger partial charge in [0.25, 0.3) is 0 Å². The number of benzene rings is 1. The van der Waals surface area contributed by atoms with Crippen LogP contribution in [0, 0.1) is 5.41 Å². The van der Waals surface area contributed by atoms with E-state index in [0.29, 0.717) is 25.2 Å². The Morgan fingerprint density at radius 2 is 2.05 bits per heavy atom. The standard InChI is InChI=1S/C16H18N2O3/c19-12-4-3-11-5-8-17-14(13(11)9-12)18-10-16(15(20)21)6-1-2-7-16/h3-5,8-9,19H,1-2,6-7,10H2,(H,17,18)(H,20,21). The monoisotopic (exact) mass is 286 g/mol. The number of hydrogen-bond acceptors (Lipinski definition) is 4. The average Bonchev–Trinajstić information content (AvgIpc) is 2.95. The number of aromatic nitrogens is 1. The maximum absolute atomic E-state index is 11.6. The lowest BCUT2D eigenvalue weighted by atomic mass is 9.86. The number of carboxylic acids is 1. The van der Waals surface area contributed by atoms with Crippen LogP contribution in [-0.4, -0.2) is 27.7 Å². The number of phenolic OH excluding ortho intramolecular Hbond substituents is 1. The predicted octanol–water partition coefficient (Wildman–Crippen LogP) is 3.00. The molecule has 1 fully saturated rings. The highest BCUT2D eigenvalue weighted by Crippen LogP contribution is 2.38. The second-order valence-corrected chi connectivity index (χ2v) is 5.71. The summed E-state index contributed by atoms with van der Waals surface area (Å²) in [7, 11) is 0. The molecule has 110 valence electrons. The van der Waals surface area contributed by atoms with Crippen LogP contribution in [0.15, 0.2) is 30.5 Å². The van der Waals surface area contributed by atoms with E-state index in [1.807, 2.05) is 12.1 Å². The molecule has 1 saturated carbocycles. The lowest BCUT2D eigenvalue weighted by Crippen LogP contribution is -2.35. The number of carboxylic acid groups (broad SMARTS) is 1. The number of nitrogens with zero attached hydrogens (tertiary/aromatic N) is 1. The minimum atomic E-state index is -0.740. The molecule has 0 spiro atoms. The molecular formula is C16H18N2O3. The van der Waals surface area contributed by atoms with Crippen molar-refractivity contribution in [3.8, 4) is 5.75 Å². The molecular weight excluding hydrogens is 268 g/mol. The van der Waals surface area contributed by atoms with Gasteiger partial charge in [-0.25, -0.2) is 4.98 Å². The predicted molar refractivity (Wildman–Crippen MR) is 80.4 cm³/mol. The zero-order chi connectivity index (χ0) is 14.9. The minimum Gasteiger partial charge on any atom is -0.508 e. The van der Waals surface area contributed by atoms with Gasteiger partial charge in [-0.05, 0) is 36.4 Å². The zero-order valence-electron chi connectivity index (χ0n) is 11.7. The van der Waals surface area contributed by atoms with Crippen LogP contribution in [0.3, 0.4) is 0 Å². The van der Waals surface area contributed by atoms with Crippen molar-refractivity contribution in [1.82, 2.24) is 4.98 Å². The van der Waals surface area contributed by atoms with Gasteiger partial charge < -0.3 is 15.5 Å². The number of carbonyl (C=O) groups is 1. The first kappa shape index (κ1) is 13.7. The van der Waals surface area contributed by atoms with Gasteiger partial charge in [0.05, 0.1) is 5.41 Å². The van der Waals surface area contributed by atoms with Gasteiger partial charge >= 0.3 is 5.97 Å². The van der Waals surface area contributed by atoms with Crippen LogP contribution >= 0.6 is 0 Å². The van der Waals surface area contributed by atoms with E-state index in [9.17, 15) is 15.0 Å². The van der Waals surface area contributed by atoms with E-state index in [4.69, 9.17) is 0 Å². The van der Waals surface area contributed by atoms with Crippen LogP contribution in [-0.2, 0) is 4.79 Å². The van der Waals surface area contributed by atoms with Gasteiger partial charge in [0.2, 0.25) is 0 Å². The summed E-state index contributed by atoms with van der Waals surface area (Å²) in [5.41, 5.74) is -0.694. The van der Waals surface area contributed by atoms with Gasteiger partial charge in [0.15, 0.2) is 0 Å². The first-order valence-corrected chi connectivity index (χ1v) is 7.16. The maximum Gasteiger partial charge on any atom is 0.311 e. The smallest absolute Gasteiger partial charge is 0.311 e. The fourth-order valence-electron chi connectivity index (χ4n) is 3.07. The first-order valence-electron chi connectivity index (χ1n) is 7.16. The van der Waals surface area contributed by atoms with Gasteiger partial charge in [-0.15, -0.1) is 0 Å². The maximum atomic E-state index is 11.6. The lowest BCUT2D eigenvalue weighted by Gasteiger charge is -2.24. The minimum absolute atomic E-state index is 0.173. The molecule has 0 amide bonds. The molecule has 1 heterocycles. The Hall–Kier alpha value is -2.30. The molecule has 0 saturated heterocycles. The van der Waals surface area contributed by atoms with E-state index in [0.717, 1.165) is 23.6 Å². The number of hydrogen-bond donors (Lipinski definition) is 3. The van der Waals surface area contributed by atoms with Crippen molar-refractivity contribution in [2.24, 2.45) is 5.41 Å². The molecule has 0 unspecified atom stereocenters. The van der Waals surface area contributed by atoms with Crippen LogP contribution in [0.5, 0.6) is 5.75 Å². The van der Waals surface area contributed by atoms with Gasteiger partial charge in [-0.2, -0.15) is 0 Å². The third kappa shape index (κ3) is 2.51. The molecule has 1 aliphatic carbocycles. The van der Waals surface area contributed by atoms with E-state index in [-0.39, 0.29) is 5.75 Å². The van der Waals surface area contributed by atoms with Crippen molar-refractivity contribution in [3.05, 3.63) is 30.5 Å². The van der Waals surface area contributed by atoms with E-state index < -0.39 is 11.4 Å². The zero-order valence-corrected chi connectivity index (χ0v) is 11.7. The molecule has 3 rings (SSSR count). The van der Waals surface area contributed by atoms with Crippen LogP contribution in [0.25, 0.3) is 10.8 Å². The molecule has 0 aliphatic heterocycles. The third-order valence-electron chi connectivity index (χ3n) is 4.36. The van der Waals surface area contributed by atoms with Crippen molar-refractivity contribution in [3.63, 3.8) is 0 Å². The number of fused-ring (bicyclic) bond motifs is 1. The Morgan fingerprint density at radius 1 is 1.29 bits per heavy atom. The summed E-state index contributed by atoms with van der Waals surface area (Å²) in [5, 5.41) is 24.1. The number of nitrogens with one attached hydrogen (secondary N) is 1. The molecule has 0 bridgehead atoms. The second-order valence-electron chi connectivity index (χ2n) is 5.71. The number of aliphatic carboxylic acids is 1. The Morgan fingerprint density at radius 3 is 2.76 bits per heavy atom. The van der Waals surface area contributed by atoms with E-state index in [2.05, 4.69) is 10.3 Å². The number of aromatic hydroxyl groups is 1. The van der Waals surface area contributed by atoms with Gasteiger partial charge in [0, 0.05) is 18.1 Å². The number of pyridine rings is 1. The Bertz CT molecular complexity index is 678. The SMILES string of the molecule is O=C(O)C1(CNc2nccc3ccc(O)cc23)CCCC1. The molecule has 1 aromatic carbocycles. The van der Waals surface area contributed by atoms with E-state index >= 15 is 0 Å². The van der Waals surface area contributed by atoms with Crippen LogP contribution < -0.4 is 5.32 Å². The van der Waals surface area contributed by atoms with Crippen molar-refractivity contribution >= 4 is 22.6 Å². The molecule has 5 nitrogen and oxygen atoms in total. The summed E-state index contributed by atoms with van der Waals surface area (Å²) >= 11 is 0. The second kappa shape index (κ2) is 5.24. The molecule has 2 aromatic rings. The van der Waals surface area contributed by atoms with Crippen LogP contribution in [0.2, 0.25) is 0 Å². The van der Waals surface area contributed by atoms with Gasteiger partial charge in [-0.1, -0.05) is 18.9 Å². The first-order chi connectivity index (χ1) is 10.1. The quantitative estimate of drug-likeness (QED) is 0.805. The molecule has 3 N–H and O–H groups in total. The van der Waals surface area contributed by atoms with Crippen LogP contribution in [0.4, 0.5) is 5.82 Å². The van der Waals surface area contributed by atoms with Crippen LogP contribution in [0.1, 0.15) is 25.7 Å². The van der Waals surface area contributed by atoms with Crippen molar-refractivity contribution in [1.29, 1.82) is 0 Å². The van der Waals surface area contributed by atoms with E-state index in [1.165, 1.54) is 0 Å². The summed E-state index contributed by atoms with van der Waals surface area (Å²) in [6.07, 6.45) is 5.00. The summed E-state index contributed by atoms with van der Waals surface area (Å²) < 4.78 is 0. The van der Waals surface area contributed by atoms with Gasteiger partial charge in [-0.3, -0.25) is 4.79 Å². The Balaban J connectivity index is 1.88. The fourth-order valence-corrected chi connectivity index (χ4v) is 3.07. The van der Waals surface area contributed by atoms with Crippen molar-refractivity contribution < 1.29 is 15.0 Å². The third-order valence-corrected chi connectivity index (χ3v) is 4.36. The Labute approximate surface area is 122 Å². The summed E-state index contributed by atoms with van der Waals surface area (Å²) in [4.78, 5) is 15.8.